The van der Waals surface area contributed by atoms with Gasteiger partial charge in [0.2, 0.25) is 0 Å². The number of aryl methyl sites for hydroxylation is 1. The van der Waals surface area contributed by atoms with Crippen molar-refractivity contribution in [1.29, 1.82) is 0 Å². The molecule has 1 aromatic carbocycles. The number of fused-ring (bicyclic) bond motifs is 1. The van der Waals surface area contributed by atoms with E-state index in [9.17, 15) is 9.18 Å². The Kier molecular flexibility index (Phi) is 2.48. The molecule has 2 rings (SSSR count). The maximum atomic E-state index is 13.0. The summed E-state index contributed by atoms with van der Waals surface area (Å²) in [5.74, 6) is 0.721. The van der Waals surface area contributed by atoms with Crippen LogP contribution >= 0.6 is 0 Å². The molecule has 0 fully saturated rings. The van der Waals surface area contributed by atoms with Gasteiger partial charge >= 0.3 is 0 Å². The van der Waals surface area contributed by atoms with E-state index >= 15 is 0 Å². The zero-order valence-electron chi connectivity index (χ0n) is 7.70. The van der Waals surface area contributed by atoms with Crippen LogP contribution in [0.3, 0.4) is 0 Å². The maximum Gasteiger partial charge on any atom is 0.180 e. The minimum atomic E-state index is -1.54. The predicted octanol–water partition coefficient (Wildman–Crippen LogP) is 2.22. The van der Waals surface area contributed by atoms with Gasteiger partial charge in [-0.2, -0.15) is 0 Å². The molecule has 1 aliphatic heterocycles. The van der Waals surface area contributed by atoms with Gasteiger partial charge in [-0.1, -0.05) is 12.1 Å². The fourth-order valence-electron chi connectivity index (χ4n) is 1.61. The Hall–Kier alpha value is -1.38. The molecule has 0 saturated carbocycles. The number of halogens is 1. The van der Waals surface area contributed by atoms with E-state index in [1.165, 1.54) is 0 Å². The summed E-state index contributed by atoms with van der Waals surface area (Å²) in [4.78, 5) is 10.3. The van der Waals surface area contributed by atoms with Crippen LogP contribution in [0.1, 0.15) is 23.7 Å². The topological polar surface area (TPSA) is 26.3 Å². The van der Waals surface area contributed by atoms with Crippen molar-refractivity contribution in [3.8, 4) is 5.75 Å². The van der Waals surface area contributed by atoms with Gasteiger partial charge in [0.05, 0.1) is 6.61 Å². The lowest BCUT2D eigenvalue weighted by atomic mass is 10.0. The molecule has 3 heteroatoms. The Morgan fingerprint density at radius 2 is 2.36 bits per heavy atom. The first-order valence-corrected chi connectivity index (χ1v) is 4.66. The van der Waals surface area contributed by atoms with Crippen molar-refractivity contribution in [3.05, 3.63) is 29.3 Å². The first-order chi connectivity index (χ1) is 6.81. The molecule has 1 aromatic rings. The number of ether oxygens (including phenoxy) is 1. The molecule has 0 radical (unpaired) electrons. The monoisotopic (exact) mass is 194 g/mol. The number of carbonyl (C=O) groups excluding carboxylic acids is 1. The minimum Gasteiger partial charge on any atom is -0.493 e. The van der Waals surface area contributed by atoms with Gasteiger partial charge in [-0.3, -0.25) is 4.79 Å². The van der Waals surface area contributed by atoms with Gasteiger partial charge < -0.3 is 4.74 Å². The second-order valence-electron chi connectivity index (χ2n) is 3.36. The zero-order valence-corrected chi connectivity index (χ0v) is 7.70. The Morgan fingerprint density at radius 1 is 1.50 bits per heavy atom. The summed E-state index contributed by atoms with van der Waals surface area (Å²) in [5.41, 5.74) is 1.47. The van der Waals surface area contributed by atoms with Crippen molar-refractivity contribution >= 4 is 6.29 Å². The molecule has 1 atom stereocenters. The fourth-order valence-corrected chi connectivity index (χ4v) is 1.61. The van der Waals surface area contributed by atoms with E-state index in [0.29, 0.717) is 18.5 Å². The van der Waals surface area contributed by atoms with Crippen LogP contribution in [-0.2, 0) is 11.2 Å². The second-order valence-corrected chi connectivity index (χ2v) is 3.36. The minimum absolute atomic E-state index is 0.296. The molecule has 0 aromatic heterocycles. The van der Waals surface area contributed by atoms with Gasteiger partial charge in [0.25, 0.3) is 0 Å². The number of hydrogen-bond donors (Lipinski definition) is 0. The standard InChI is InChI=1S/C11H11FO2/c12-10(7-13)9-4-3-8-2-1-5-14-11(8)6-9/h3-4,6-7,10H,1-2,5H2. The molecule has 14 heavy (non-hydrogen) atoms. The van der Waals surface area contributed by atoms with E-state index < -0.39 is 6.17 Å². The Labute approximate surface area is 81.7 Å². The number of rotatable bonds is 2. The third-order valence-electron chi connectivity index (χ3n) is 2.38. The molecule has 0 bridgehead atoms. The molecule has 0 spiro atoms. The van der Waals surface area contributed by atoms with Crippen LogP contribution in [0.15, 0.2) is 18.2 Å². The van der Waals surface area contributed by atoms with Crippen molar-refractivity contribution in [2.45, 2.75) is 19.0 Å². The third-order valence-corrected chi connectivity index (χ3v) is 2.38. The van der Waals surface area contributed by atoms with Crippen molar-refractivity contribution in [3.63, 3.8) is 0 Å². The summed E-state index contributed by atoms with van der Waals surface area (Å²) in [7, 11) is 0. The van der Waals surface area contributed by atoms with E-state index in [4.69, 9.17) is 4.74 Å². The van der Waals surface area contributed by atoms with Crippen LogP contribution in [0.25, 0.3) is 0 Å². The molecule has 74 valence electrons. The molecule has 2 nitrogen and oxygen atoms in total. The lowest BCUT2D eigenvalue weighted by Gasteiger charge is -2.17. The van der Waals surface area contributed by atoms with Crippen molar-refractivity contribution < 1.29 is 13.9 Å². The largest absolute Gasteiger partial charge is 0.493 e. The highest BCUT2D eigenvalue weighted by atomic mass is 19.1. The van der Waals surface area contributed by atoms with E-state index in [1.54, 1.807) is 12.1 Å². The van der Waals surface area contributed by atoms with Crippen molar-refractivity contribution in [2.75, 3.05) is 6.61 Å². The Morgan fingerprint density at radius 3 is 3.14 bits per heavy atom. The SMILES string of the molecule is O=CC(F)c1ccc2c(c1)OCCC2. The molecular formula is C11H11FO2. The highest BCUT2D eigenvalue weighted by Gasteiger charge is 2.14. The number of benzene rings is 1. The fraction of sp³-hybridized carbons (Fsp3) is 0.364. The van der Waals surface area contributed by atoms with Crippen LogP contribution in [0.2, 0.25) is 0 Å². The van der Waals surface area contributed by atoms with Crippen molar-refractivity contribution in [2.24, 2.45) is 0 Å². The van der Waals surface area contributed by atoms with Gasteiger partial charge in [0, 0.05) is 0 Å². The number of hydrogen-bond acceptors (Lipinski definition) is 2. The number of carbonyl (C=O) groups is 1. The summed E-state index contributed by atoms with van der Waals surface area (Å²) in [5, 5.41) is 0. The van der Waals surface area contributed by atoms with E-state index in [-0.39, 0.29) is 0 Å². The summed E-state index contributed by atoms with van der Waals surface area (Å²) in [6.45, 7) is 0.675. The van der Waals surface area contributed by atoms with Gasteiger partial charge in [-0.05, 0) is 30.0 Å². The zero-order chi connectivity index (χ0) is 9.97. The number of aldehydes is 1. The molecule has 1 unspecified atom stereocenters. The normalized spacial score (nSPS) is 16.6. The van der Waals surface area contributed by atoms with Crippen LogP contribution in [0, 0.1) is 0 Å². The van der Waals surface area contributed by atoms with Crippen LogP contribution in [0.4, 0.5) is 4.39 Å². The van der Waals surface area contributed by atoms with E-state index in [2.05, 4.69) is 0 Å². The van der Waals surface area contributed by atoms with Crippen LogP contribution in [0.5, 0.6) is 5.75 Å². The summed E-state index contributed by atoms with van der Waals surface area (Å²) in [6.07, 6.45) is 0.725. The molecule has 0 amide bonds. The highest BCUT2D eigenvalue weighted by Crippen LogP contribution is 2.28. The predicted molar refractivity (Wildman–Crippen MR) is 50.2 cm³/mol. The average molecular weight is 194 g/mol. The molecule has 0 N–H and O–H groups in total. The Bertz CT molecular complexity index is 349. The molecular weight excluding hydrogens is 183 g/mol. The quantitative estimate of drug-likeness (QED) is 0.675. The average Bonchev–Trinajstić information content (AvgIpc) is 2.27. The summed E-state index contributed by atoms with van der Waals surface area (Å²) in [6, 6.07) is 5.10. The van der Waals surface area contributed by atoms with Gasteiger partial charge in [0.1, 0.15) is 5.75 Å². The van der Waals surface area contributed by atoms with Crippen LogP contribution in [-0.4, -0.2) is 12.9 Å². The summed E-state index contributed by atoms with van der Waals surface area (Å²) >= 11 is 0. The first kappa shape index (κ1) is 9.19. The smallest absolute Gasteiger partial charge is 0.180 e. The molecule has 0 saturated heterocycles. The van der Waals surface area contributed by atoms with Gasteiger partial charge in [-0.25, -0.2) is 4.39 Å². The van der Waals surface area contributed by atoms with E-state index in [0.717, 1.165) is 24.2 Å². The van der Waals surface area contributed by atoms with Crippen molar-refractivity contribution in [1.82, 2.24) is 0 Å². The third kappa shape index (κ3) is 1.62. The van der Waals surface area contributed by atoms with E-state index in [1.807, 2.05) is 6.07 Å². The second kappa shape index (κ2) is 3.78. The molecule has 1 aliphatic rings. The first-order valence-electron chi connectivity index (χ1n) is 4.66. The lowest BCUT2D eigenvalue weighted by Crippen LogP contribution is -2.08. The van der Waals surface area contributed by atoms with Crippen LogP contribution < -0.4 is 4.74 Å². The Balaban J connectivity index is 2.33. The van der Waals surface area contributed by atoms with Gasteiger partial charge in [-0.15, -0.1) is 0 Å². The summed E-state index contributed by atoms with van der Waals surface area (Å²) < 4.78 is 18.4. The lowest BCUT2D eigenvalue weighted by molar-refractivity contribution is -0.112. The molecule has 1 heterocycles. The molecule has 0 aliphatic carbocycles. The number of alkyl halides is 1. The maximum absolute atomic E-state index is 13.0. The van der Waals surface area contributed by atoms with Gasteiger partial charge in [0.15, 0.2) is 12.5 Å². The highest BCUT2D eigenvalue weighted by molar-refractivity contribution is 5.60.